The van der Waals surface area contributed by atoms with Crippen molar-refractivity contribution in [1.29, 1.82) is 0 Å². The molecule has 0 bridgehead atoms. The number of carbonyl (C=O) groups excluding carboxylic acids is 1. The summed E-state index contributed by atoms with van der Waals surface area (Å²) in [6, 6.07) is 16.0. The summed E-state index contributed by atoms with van der Waals surface area (Å²) >= 11 is 12.5. The maximum atomic E-state index is 13.2. The SMILES string of the molecule is CCc1cc(N=Nc2c(O)c(C(=O)Nc3cccc(OC)c3Cl)cc3ccccc23)c(Cl)c(S(=O)(=O)O)c1. The molecule has 0 saturated heterocycles. The first-order chi connectivity index (χ1) is 18.0. The van der Waals surface area contributed by atoms with Crippen molar-refractivity contribution in [3.05, 3.63) is 81.8 Å². The van der Waals surface area contributed by atoms with Crippen LogP contribution in [0.1, 0.15) is 22.8 Å². The van der Waals surface area contributed by atoms with E-state index < -0.39 is 26.7 Å². The maximum absolute atomic E-state index is 13.2. The van der Waals surface area contributed by atoms with E-state index in [0.29, 0.717) is 28.5 Å². The molecule has 0 heterocycles. The molecule has 0 spiro atoms. The second-order valence-corrected chi connectivity index (χ2v) is 10.2. The molecule has 0 aliphatic carbocycles. The number of aryl methyl sites for hydroxylation is 1. The number of nitrogens with one attached hydrogen (secondary N) is 1. The van der Waals surface area contributed by atoms with Crippen LogP contribution in [0.5, 0.6) is 11.5 Å². The average molecular weight is 574 g/mol. The normalized spacial score (nSPS) is 11.7. The van der Waals surface area contributed by atoms with Gasteiger partial charge in [-0.25, -0.2) is 0 Å². The topological polar surface area (TPSA) is 138 Å². The highest BCUT2D eigenvalue weighted by Gasteiger charge is 2.22. The van der Waals surface area contributed by atoms with E-state index in [9.17, 15) is 22.9 Å². The minimum absolute atomic E-state index is 0.0415. The van der Waals surface area contributed by atoms with Gasteiger partial charge in [-0.3, -0.25) is 9.35 Å². The van der Waals surface area contributed by atoms with Gasteiger partial charge in [0.1, 0.15) is 27.0 Å². The zero-order valence-electron chi connectivity index (χ0n) is 20.1. The zero-order chi connectivity index (χ0) is 27.6. The van der Waals surface area contributed by atoms with E-state index in [0.717, 1.165) is 0 Å². The fourth-order valence-corrected chi connectivity index (χ4v) is 5.07. The molecule has 0 aromatic heterocycles. The Hall–Kier alpha value is -3.70. The molecule has 196 valence electrons. The van der Waals surface area contributed by atoms with Crippen molar-refractivity contribution in [2.24, 2.45) is 10.2 Å². The Morgan fingerprint density at radius 2 is 1.76 bits per heavy atom. The summed E-state index contributed by atoms with van der Waals surface area (Å²) in [7, 11) is -3.18. The van der Waals surface area contributed by atoms with Gasteiger partial charge in [0.05, 0.1) is 23.4 Å². The van der Waals surface area contributed by atoms with Gasteiger partial charge in [0.2, 0.25) is 0 Å². The second kappa shape index (κ2) is 11.0. The molecular weight excluding hydrogens is 553 g/mol. The molecule has 4 aromatic rings. The van der Waals surface area contributed by atoms with Crippen LogP contribution in [0.2, 0.25) is 10.0 Å². The Morgan fingerprint density at radius 3 is 2.45 bits per heavy atom. The first-order valence-corrected chi connectivity index (χ1v) is 13.3. The van der Waals surface area contributed by atoms with Crippen LogP contribution in [-0.2, 0) is 16.5 Å². The third-order valence-electron chi connectivity index (χ3n) is 5.69. The van der Waals surface area contributed by atoms with E-state index in [2.05, 4.69) is 15.5 Å². The van der Waals surface area contributed by atoms with Gasteiger partial charge in [-0.05, 0) is 47.7 Å². The van der Waals surface area contributed by atoms with Crippen LogP contribution in [0.4, 0.5) is 17.1 Å². The number of carbonyl (C=O) groups is 1. The molecule has 0 unspecified atom stereocenters. The van der Waals surface area contributed by atoms with Crippen molar-refractivity contribution in [3.63, 3.8) is 0 Å². The monoisotopic (exact) mass is 573 g/mol. The standard InChI is InChI=1S/C26H21Cl2N3O6S/c1-3-14-11-19(23(28)21(12-14)38(34,35)36)30-31-24-16-8-5-4-7-15(16)13-17(25(24)32)26(33)29-18-9-6-10-20(37-2)22(18)27/h4-13,32H,3H2,1-2H3,(H,29,33)(H,34,35,36). The summed E-state index contributed by atoms with van der Waals surface area (Å²) in [4.78, 5) is 12.7. The summed E-state index contributed by atoms with van der Waals surface area (Å²) in [5, 5.41) is 22.9. The zero-order valence-corrected chi connectivity index (χ0v) is 22.4. The van der Waals surface area contributed by atoms with Gasteiger partial charge in [-0.2, -0.15) is 8.42 Å². The molecule has 12 heteroatoms. The number of phenolic OH excluding ortho intramolecular Hbond substituents is 1. The predicted molar refractivity (Wildman–Crippen MR) is 146 cm³/mol. The average Bonchev–Trinajstić information content (AvgIpc) is 2.89. The molecule has 0 fully saturated rings. The Bertz CT molecular complexity index is 1710. The van der Waals surface area contributed by atoms with Crippen LogP contribution in [0, 0.1) is 0 Å². The van der Waals surface area contributed by atoms with Crippen molar-refractivity contribution in [1.82, 2.24) is 0 Å². The van der Waals surface area contributed by atoms with Crippen molar-refractivity contribution in [3.8, 4) is 11.5 Å². The third-order valence-corrected chi connectivity index (χ3v) is 7.47. The molecular formula is C26H21Cl2N3O6S. The lowest BCUT2D eigenvalue weighted by atomic mass is 10.0. The maximum Gasteiger partial charge on any atom is 0.296 e. The molecule has 1 amide bonds. The summed E-state index contributed by atoms with van der Waals surface area (Å²) < 4.78 is 38.4. The van der Waals surface area contributed by atoms with Gasteiger partial charge in [0, 0.05) is 5.39 Å². The Labute approximate surface area is 228 Å². The number of phenols is 1. The van der Waals surface area contributed by atoms with E-state index >= 15 is 0 Å². The minimum atomic E-state index is -4.63. The minimum Gasteiger partial charge on any atom is -0.505 e. The van der Waals surface area contributed by atoms with Gasteiger partial charge >= 0.3 is 0 Å². The van der Waals surface area contributed by atoms with Gasteiger partial charge in [-0.1, -0.05) is 60.5 Å². The van der Waals surface area contributed by atoms with Crippen LogP contribution in [0.15, 0.2) is 75.8 Å². The number of amides is 1. The van der Waals surface area contributed by atoms with Gasteiger partial charge in [-0.15, -0.1) is 10.2 Å². The van der Waals surface area contributed by atoms with Gasteiger partial charge < -0.3 is 15.2 Å². The summed E-state index contributed by atoms with van der Waals surface area (Å²) in [6.07, 6.45) is 0.429. The smallest absolute Gasteiger partial charge is 0.296 e. The molecule has 4 rings (SSSR count). The fourth-order valence-electron chi connectivity index (χ4n) is 3.75. The van der Waals surface area contributed by atoms with Gasteiger partial charge in [0.15, 0.2) is 5.75 Å². The first kappa shape index (κ1) is 27.3. The van der Waals surface area contributed by atoms with E-state index in [4.69, 9.17) is 27.9 Å². The largest absolute Gasteiger partial charge is 0.505 e. The number of hydrogen-bond acceptors (Lipinski definition) is 7. The van der Waals surface area contributed by atoms with Crippen LogP contribution >= 0.6 is 23.2 Å². The van der Waals surface area contributed by atoms with Crippen LogP contribution in [0.25, 0.3) is 10.8 Å². The summed E-state index contributed by atoms with van der Waals surface area (Å²) in [6.45, 7) is 1.79. The number of aromatic hydroxyl groups is 1. The molecule has 3 N–H and O–H groups in total. The molecule has 4 aromatic carbocycles. The molecule has 38 heavy (non-hydrogen) atoms. The van der Waals surface area contributed by atoms with Crippen LogP contribution in [0.3, 0.4) is 0 Å². The molecule has 0 atom stereocenters. The van der Waals surface area contributed by atoms with Crippen LogP contribution < -0.4 is 10.1 Å². The number of methoxy groups -OCH3 is 1. The number of azo groups is 1. The van der Waals surface area contributed by atoms with Crippen LogP contribution in [-0.4, -0.2) is 31.1 Å². The molecule has 0 saturated carbocycles. The number of fused-ring (bicyclic) bond motifs is 1. The number of benzene rings is 4. The number of nitrogens with zero attached hydrogens (tertiary/aromatic N) is 2. The molecule has 0 aliphatic heterocycles. The predicted octanol–water partition coefficient (Wildman–Crippen LogP) is 7.34. The Balaban J connectivity index is 1.83. The summed E-state index contributed by atoms with van der Waals surface area (Å²) in [5.74, 6) is -0.779. The van der Waals surface area contributed by atoms with E-state index in [1.54, 1.807) is 49.4 Å². The van der Waals surface area contributed by atoms with Crippen molar-refractivity contribution in [2.75, 3.05) is 12.4 Å². The molecule has 0 aliphatic rings. The number of anilines is 1. The lowest BCUT2D eigenvalue weighted by Gasteiger charge is -2.13. The lowest BCUT2D eigenvalue weighted by Crippen LogP contribution is -2.12. The quantitative estimate of drug-likeness (QED) is 0.156. The first-order valence-electron chi connectivity index (χ1n) is 11.1. The fraction of sp³-hybridized carbons (Fsp3) is 0.115. The highest BCUT2D eigenvalue weighted by Crippen LogP contribution is 2.41. The van der Waals surface area contributed by atoms with Crippen molar-refractivity contribution < 1.29 is 27.6 Å². The molecule has 9 nitrogen and oxygen atoms in total. The highest BCUT2D eigenvalue weighted by atomic mass is 35.5. The second-order valence-electron chi connectivity index (χ2n) is 8.07. The molecule has 0 radical (unpaired) electrons. The Kier molecular flexibility index (Phi) is 7.89. The van der Waals surface area contributed by atoms with Crippen molar-refractivity contribution >= 4 is 67.1 Å². The number of rotatable bonds is 7. The number of halogens is 2. The lowest BCUT2D eigenvalue weighted by molar-refractivity contribution is 0.102. The van der Waals surface area contributed by atoms with E-state index in [1.807, 2.05) is 0 Å². The number of hydrogen-bond donors (Lipinski definition) is 3. The third kappa shape index (κ3) is 5.44. The van der Waals surface area contributed by atoms with Gasteiger partial charge in [0.25, 0.3) is 16.0 Å². The number of ether oxygens (including phenoxy) is 1. The highest BCUT2D eigenvalue weighted by molar-refractivity contribution is 7.86. The van der Waals surface area contributed by atoms with E-state index in [1.165, 1.54) is 25.3 Å². The Morgan fingerprint density at radius 1 is 1.03 bits per heavy atom. The van der Waals surface area contributed by atoms with E-state index in [-0.39, 0.29) is 32.7 Å². The van der Waals surface area contributed by atoms with Crippen molar-refractivity contribution in [2.45, 2.75) is 18.2 Å². The summed E-state index contributed by atoms with van der Waals surface area (Å²) in [5.41, 5.74) is 0.612.